The van der Waals surface area contributed by atoms with Crippen molar-refractivity contribution in [2.75, 3.05) is 13.6 Å². The van der Waals surface area contributed by atoms with Crippen LogP contribution in [0.1, 0.15) is 41.8 Å². The lowest BCUT2D eigenvalue weighted by atomic mass is 10.1. The Bertz CT molecular complexity index is 565. The Kier molecular flexibility index (Phi) is 5.49. The number of unbranched alkanes of at least 4 members (excludes halogenated alkanes) is 1. The number of nitrogens with one attached hydrogen (secondary N) is 1. The van der Waals surface area contributed by atoms with Crippen LogP contribution >= 0.6 is 0 Å². The highest BCUT2D eigenvalue weighted by Gasteiger charge is 2.16. The Hall–Kier alpha value is -2.17. The zero-order valence-corrected chi connectivity index (χ0v) is 12.7. The molecule has 0 radical (unpaired) electrons. The van der Waals surface area contributed by atoms with Gasteiger partial charge in [-0.05, 0) is 24.8 Å². The first-order valence-electron chi connectivity index (χ1n) is 7.41. The molecule has 5 nitrogen and oxygen atoms in total. The quantitative estimate of drug-likeness (QED) is 0.795. The fourth-order valence-electron chi connectivity index (χ4n) is 2.14. The van der Waals surface area contributed by atoms with Crippen LogP contribution in [0.5, 0.6) is 0 Å². The second-order valence-corrected chi connectivity index (χ2v) is 5.13. The van der Waals surface area contributed by atoms with E-state index in [1.54, 1.807) is 11.9 Å². The molecule has 1 heterocycles. The van der Waals surface area contributed by atoms with E-state index in [1.807, 2.05) is 13.0 Å². The van der Waals surface area contributed by atoms with Gasteiger partial charge in [0.05, 0.1) is 0 Å². The summed E-state index contributed by atoms with van der Waals surface area (Å²) in [6.45, 7) is 2.70. The van der Waals surface area contributed by atoms with Crippen LogP contribution in [0.3, 0.4) is 0 Å². The van der Waals surface area contributed by atoms with E-state index in [-0.39, 0.29) is 11.7 Å². The van der Waals surface area contributed by atoms with Gasteiger partial charge in [0.15, 0.2) is 0 Å². The van der Waals surface area contributed by atoms with Crippen molar-refractivity contribution in [2.24, 2.45) is 0 Å². The molecule has 1 amide bonds. The van der Waals surface area contributed by atoms with Crippen molar-refractivity contribution in [3.63, 3.8) is 0 Å². The van der Waals surface area contributed by atoms with Crippen LogP contribution in [0.25, 0.3) is 0 Å². The third-order valence-electron chi connectivity index (χ3n) is 3.46. The van der Waals surface area contributed by atoms with Crippen molar-refractivity contribution in [1.29, 1.82) is 0 Å². The van der Waals surface area contributed by atoms with Gasteiger partial charge in [0.2, 0.25) is 5.82 Å². The van der Waals surface area contributed by atoms with Crippen molar-refractivity contribution in [3.05, 3.63) is 47.5 Å². The molecule has 112 valence electrons. The Morgan fingerprint density at radius 2 is 2.00 bits per heavy atom. The predicted molar refractivity (Wildman–Crippen MR) is 82.1 cm³/mol. The van der Waals surface area contributed by atoms with Crippen LogP contribution in [0.4, 0.5) is 0 Å². The molecule has 2 aromatic rings. The molecule has 0 atom stereocenters. The second kappa shape index (κ2) is 7.57. The van der Waals surface area contributed by atoms with E-state index >= 15 is 0 Å². The maximum Gasteiger partial charge on any atom is 0.293 e. The molecule has 1 N–H and O–H groups in total. The largest absolute Gasteiger partial charge is 0.339 e. The van der Waals surface area contributed by atoms with Crippen molar-refractivity contribution >= 4 is 5.91 Å². The molecule has 0 saturated heterocycles. The molecule has 21 heavy (non-hydrogen) atoms. The first-order chi connectivity index (χ1) is 10.2. The monoisotopic (exact) mass is 286 g/mol. The summed E-state index contributed by atoms with van der Waals surface area (Å²) >= 11 is 0. The van der Waals surface area contributed by atoms with E-state index in [0.717, 1.165) is 38.1 Å². The first-order valence-corrected chi connectivity index (χ1v) is 7.41. The van der Waals surface area contributed by atoms with Gasteiger partial charge in [-0.25, -0.2) is 4.98 Å². The maximum atomic E-state index is 12.1. The molecule has 2 rings (SSSR count). The summed E-state index contributed by atoms with van der Waals surface area (Å²) in [5, 5.41) is 6.73. The summed E-state index contributed by atoms with van der Waals surface area (Å²) < 4.78 is 0. The van der Waals surface area contributed by atoms with Crippen molar-refractivity contribution in [1.82, 2.24) is 20.1 Å². The van der Waals surface area contributed by atoms with Gasteiger partial charge in [-0.15, -0.1) is 5.10 Å². The van der Waals surface area contributed by atoms with Gasteiger partial charge < -0.3 is 4.90 Å². The summed E-state index contributed by atoms with van der Waals surface area (Å²) in [5.41, 5.74) is 1.34. The number of aryl methyl sites for hydroxylation is 2. The number of aromatic amines is 1. The number of aromatic nitrogens is 3. The van der Waals surface area contributed by atoms with Crippen molar-refractivity contribution in [3.8, 4) is 0 Å². The van der Waals surface area contributed by atoms with Gasteiger partial charge in [0.1, 0.15) is 5.82 Å². The van der Waals surface area contributed by atoms with Crippen LogP contribution in [0.2, 0.25) is 0 Å². The van der Waals surface area contributed by atoms with Crippen LogP contribution in [0.15, 0.2) is 30.3 Å². The molecule has 5 heteroatoms. The molecule has 0 unspecified atom stereocenters. The lowest BCUT2D eigenvalue weighted by Gasteiger charge is -2.14. The van der Waals surface area contributed by atoms with Gasteiger partial charge in [-0.2, -0.15) is 0 Å². The molecule has 1 aromatic heterocycles. The average Bonchev–Trinajstić information content (AvgIpc) is 3.00. The van der Waals surface area contributed by atoms with E-state index in [1.165, 1.54) is 5.56 Å². The molecule has 0 saturated carbocycles. The summed E-state index contributed by atoms with van der Waals surface area (Å²) in [4.78, 5) is 18.0. The van der Waals surface area contributed by atoms with E-state index < -0.39 is 0 Å². The van der Waals surface area contributed by atoms with Gasteiger partial charge >= 0.3 is 0 Å². The van der Waals surface area contributed by atoms with Crippen molar-refractivity contribution < 1.29 is 4.79 Å². The number of hydrogen-bond donors (Lipinski definition) is 1. The maximum absolute atomic E-state index is 12.1. The fraction of sp³-hybridized carbons (Fsp3) is 0.438. The van der Waals surface area contributed by atoms with Gasteiger partial charge in [-0.1, -0.05) is 37.3 Å². The average molecular weight is 286 g/mol. The van der Waals surface area contributed by atoms with Crippen molar-refractivity contribution in [2.45, 2.75) is 32.6 Å². The topological polar surface area (TPSA) is 61.9 Å². The fourth-order valence-corrected chi connectivity index (χ4v) is 2.14. The SMILES string of the molecule is CCc1nc(C(=O)N(C)CCCCc2ccccc2)n[nH]1. The highest BCUT2D eigenvalue weighted by molar-refractivity contribution is 5.90. The van der Waals surface area contributed by atoms with Gasteiger partial charge in [0.25, 0.3) is 5.91 Å². The number of carbonyl (C=O) groups is 1. The second-order valence-electron chi connectivity index (χ2n) is 5.13. The zero-order valence-electron chi connectivity index (χ0n) is 12.7. The number of amides is 1. The van der Waals surface area contributed by atoms with Crippen LogP contribution in [0, 0.1) is 0 Å². The number of nitrogens with zero attached hydrogens (tertiary/aromatic N) is 3. The Balaban J connectivity index is 1.74. The summed E-state index contributed by atoms with van der Waals surface area (Å²) in [7, 11) is 1.80. The number of H-pyrrole nitrogens is 1. The molecule has 0 aliphatic carbocycles. The molecular formula is C16H22N4O. The number of carbonyl (C=O) groups excluding carboxylic acids is 1. The first kappa shape index (κ1) is 15.2. The molecular weight excluding hydrogens is 264 g/mol. The minimum absolute atomic E-state index is 0.120. The number of rotatable bonds is 7. The van der Waals surface area contributed by atoms with E-state index in [9.17, 15) is 4.79 Å². The number of hydrogen-bond acceptors (Lipinski definition) is 3. The minimum atomic E-state index is -0.120. The predicted octanol–water partition coefficient (Wildman–Crippen LogP) is 2.46. The molecule has 1 aromatic carbocycles. The standard InChI is InChI=1S/C16H22N4O/c1-3-14-17-15(19-18-14)16(21)20(2)12-8-7-11-13-9-5-4-6-10-13/h4-6,9-10H,3,7-8,11-12H2,1-2H3,(H,17,18,19). The normalized spacial score (nSPS) is 10.6. The molecule has 0 bridgehead atoms. The third-order valence-corrected chi connectivity index (χ3v) is 3.46. The number of benzene rings is 1. The highest BCUT2D eigenvalue weighted by atomic mass is 16.2. The molecule has 0 fully saturated rings. The van der Waals surface area contributed by atoms with E-state index in [0.29, 0.717) is 0 Å². The van der Waals surface area contributed by atoms with Crippen LogP contribution in [-0.4, -0.2) is 39.6 Å². The molecule has 0 aliphatic rings. The Morgan fingerprint density at radius 1 is 1.24 bits per heavy atom. The summed E-state index contributed by atoms with van der Waals surface area (Å²) in [5.74, 6) is 0.888. The Labute approximate surface area is 125 Å². The zero-order chi connectivity index (χ0) is 15.1. The lowest BCUT2D eigenvalue weighted by molar-refractivity contribution is 0.0781. The minimum Gasteiger partial charge on any atom is -0.339 e. The Morgan fingerprint density at radius 3 is 2.67 bits per heavy atom. The third kappa shape index (κ3) is 4.41. The van der Waals surface area contributed by atoms with E-state index in [2.05, 4.69) is 39.4 Å². The van der Waals surface area contributed by atoms with Crippen LogP contribution in [-0.2, 0) is 12.8 Å². The summed E-state index contributed by atoms with van der Waals surface area (Å²) in [6.07, 6.45) is 3.84. The van der Waals surface area contributed by atoms with Crippen LogP contribution < -0.4 is 0 Å². The summed E-state index contributed by atoms with van der Waals surface area (Å²) in [6, 6.07) is 10.4. The van der Waals surface area contributed by atoms with E-state index in [4.69, 9.17) is 0 Å². The smallest absolute Gasteiger partial charge is 0.293 e. The van der Waals surface area contributed by atoms with Gasteiger partial charge in [0, 0.05) is 20.0 Å². The molecule has 0 spiro atoms. The molecule has 0 aliphatic heterocycles. The van der Waals surface area contributed by atoms with Gasteiger partial charge in [-0.3, -0.25) is 9.89 Å². The highest BCUT2D eigenvalue weighted by Crippen LogP contribution is 2.06. The lowest BCUT2D eigenvalue weighted by Crippen LogP contribution is -2.28.